The second kappa shape index (κ2) is 7.74. The van der Waals surface area contributed by atoms with Gasteiger partial charge in [-0.1, -0.05) is 19.4 Å². The highest BCUT2D eigenvalue weighted by Crippen LogP contribution is 2.35. The van der Waals surface area contributed by atoms with Crippen molar-refractivity contribution in [2.24, 2.45) is 0 Å². The Balaban J connectivity index is 3.32. The zero-order valence-electron chi connectivity index (χ0n) is 9.52. The second-order valence-corrected chi connectivity index (χ2v) is 4.93. The number of phosphoric acid groups is 1. The number of carbonyl (C=O) groups excluding carboxylic acids is 1. The van der Waals surface area contributed by atoms with Crippen LogP contribution >= 0.6 is 7.82 Å². The zero-order chi connectivity index (χ0) is 12.6. The minimum absolute atomic E-state index is 0.0543. The molecule has 0 atom stereocenters. The molecule has 6 heteroatoms. The van der Waals surface area contributed by atoms with Crippen LogP contribution in [0.15, 0.2) is 12.2 Å². The summed E-state index contributed by atoms with van der Waals surface area (Å²) in [5.41, 5.74) is 0.574. The van der Waals surface area contributed by atoms with Crippen LogP contribution in [0.4, 0.5) is 0 Å². The molecule has 0 aliphatic heterocycles. The first-order valence-electron chi connectivity index (χ1n) is 5.22. The molecule has 0 unspecified atom stereocenters. The molecule has 0 bridgehead atoms. The third-order valence-corrected chi connectivity index (χ3v) is 2.55. The Kier molecular flexibility index (Phi) is 7.51. The van der Waals surface area contributed by atoms with Crippen molar-refractivity contribution in [3.05, 3.63) is 12.2 Å². The average Bonchev–Trinajstić information content (AvgIpc) is 2.14. The molecule has 0 amide bonds. The van der Waals surface area contributed by atoms with E-state index in [1.807, 2.05) is 0 Å². The van der Waals surface area contributed by atoms with Gasteiger partial charge in [0.1, 0.15) is 0 Å². The normalized spacial score (nSPS) is 11.4. The van der Waals surface area contributed by atoms with Crippen LogP contribution in [-0.4, -0.2) is 22.2 Å². The molecular weight excluding hydrogens is 231 g/mol. The number of carbonyl (C=O) groups is 1. The summed E-state index contributed by atoms with van der Waals surface area (Å²) in [7, 11) is -4.32. The van der Waals surface area contributed by atoms with Gasteiger partial charge in [0.15, 0.2) is 5.78 Å². The molecular formula is C10H19O5P. The molecule has 5 nitrogen and oxygen atoms in total. The van der Waals surface area contributed by atoms with Gasteiger partial charge in [-0.3, -0.25) is 9.32 Å². The number of rotatable bonds is 9. The fourth-order valence-electron chi connectivity index (χ4n) is 1.14. The van der Waals surface area contributed by atoms with E-state index in [4.69, 9.17) is 9.79 Å². The minimum Gasteiger partial charge on any atom is -0.303 e. The monoisotopic (exact) mass is 250 g/mol. The van der Waals surface area contributed by atoms with Gasteiger partial charge in [0, 0.05) is 6.42 Å². The SMILES string of the molecule is C=C(C)C(=O)CCCCCCOP(=O)(O)O. The first-order chi connectivity index (χ1) is 7.33. The zero-order valence-corrected chi connectivity index (χ0v) is 10.4. The summed E-state index contributed by atoms with van der Waals surface area (Å²) < 4.78 is 14.6. The molecule has 0 aliphatic carbocycles. The molecule has 0 aromatic carbocycles. The van der Waals surface area contributed by atoms with Gasteiger partial charge in [-0.05, 0) is 25.3 Å². The van der Waals surface area contributed by atoms with Crippen molar-refractivity contribution in [2.45, 2.75) is 39.0 Å². The first-order valence-corrected chi connectivity index (χ1v) is 6.75. The van der Waals surface area contributed by atoms with E-state index in [1.165, 1.54) is 0 Å². The summed E-state index contributed by atoms with van der Waals surface area (Å²) in [5, 5.41) is 0. The maximum Gasteiger partial charge on any atom is 0.469 e. The van der Waals surface area contributed by atoms with Gasteiger partial charge >= 0.3 is 7.82 Å². The van der Waals surface area contributed by atoms with E-state index in [0.29, 0.717) is 18.4 Å². The number of Topliss-reactive ketones (excluding diaryl/α,β-unsaturated/α-hetero) is 1. The van der Waals surface area contributed by atoms with Gasteiger partial charge in [0.25, 0.3) is 0 Å². The van der Waals surface area contributed by atoms with E-state index in [0.717, 1.165) is 19.3 Å². The Bertz CT molecular complexity index is 281. The molecule has 0 aromatic heterocycles. The van der Waals surface area contributed by atoms with Gasteiger partial charge in [-0.2, -0.15) is 0 Å². The lowest BCUT2D eigenvalue weighted by atomic mass is 10.1. The van der Waals surface area contributed by atoms with E-state index < -0.39 is 7.82 Å². The van der Waals surface area contributed by atoms with Gasteiger partial charge in [-0.25, -0.2) is 4.57 Å². The van der Waals surface area contributed by atoms with Crippen LogP contribution < -0.4 is 0 Å². The Morgan fingerprint density at radius 1 is 1.25 bits per heavy atom. The molecule has 0 spiro atoms. The van der Waals surface area contributed by atoms with Gasteiger partial charge < -0.3 is 9.79 Å². The summed E-state index contributed by atoms with van der Waals surface area (Å²) in [5.74, 6) is 0.0754. The third-order valence-electron chi connectivity index (χ3n) is 2.03. The highest BCUT2D eigenvalue weighted by atomic mass is 31.2. The molecule has 0 saturated carbocycles. The molecule has 0 heterocycles. The predicted octanol–water partition coefficient (Wildman–Crippen LogP) is 2.19. The van der Waals surface area contributed by atoms with Crippen LogP contribution in [0.3, 0.4) is 0 Å². The summed E-state index contributed by atoms with van der Waals surface area (Å²) in [6, 6.07) is 0. The smallest absolute Gasteiger partial charge is 0.303 e. The minimum atomic E-state index is -4.32. The van der Waals surface area contributed by atoms with E-state index in [2.05, 4.69) is 11.1 Å². The Labute approximate surface area is 95.7 Å². The Morgan fingerprint density at radius 2 is 1.81 bits per heavy atom. The number of hydrogen-bond donors (Lipinski definition) is 2. The van der Waals surface area contributed by atoms with Crippen molar-refractivity contribution in [1.29, 1.82) is 0 Å². The van der Waals surface area contributed by atoms with Gasteiger partial charge in [-0.15, -0.1) is 0 Å². The first kappa shape index (κ1) is 15.5. The van der Waals surface area contributed by atoms with Crippen LogP contribution in [0.25, 0.3) is 0 Å². The van der Waals surface area contributed by atoms with E-state index in [9.17, 15) is 9.36 Å². The number of ketones is 1. The summed E-state index contributed by atoms with van der Waals surface area (Å²) >= 11 is 0. The third kappa shape index (κ3) is 10.1. The Hall–Kier alpha value is -0.480. The van der Waals surface area contributed by atoms with Crippen molar-refractivity contribution in [1.82, 2.24) is 0 Å². The molecule has 0 fully saturated rings. The van der Waals surface area contributed by atoms with Crippen LogP contribution in [0.1, 0.15) is 39.0 Å². The molecule has 0 saturated heterocycles. The number of allylic oxidation sites excluding steroid dienone is 1. The fourth-order valence-corrected chi connectivity index (χ4v) is 1.50. The van der Waals surface area contributed by atoms with Crippen molar-refractivity contribution in [3.63, 3.8) is 0 Å². The fraction of sp³-hybridized carbons (Fsp3) is 0.700. The lowest BCUT2D eigenvalue weighted by Crippen LogP contribution is -1.98. The number of phosphoric ester groups is 1. The number of hydrogen-bond acceptors (Lipinski definition) is 3. The van der Waals surface area contributed by atoms with Gasteiger partial charge in [0.2, 0.25) is 0 Å². The van der Waals surface area contributed by atoms with Crippen molar-refractivity contribution >= 4 is 13.6 Å². The average molecular weight is 250 g/mol. The van der Waals surface area contributed by atoms with Gasteiger partial charge in [0.05, 0.1) is 6.61 Å². The van der Waals surface area contributed by atoms with Crippen LogP contribution in [0.5, 0.6) is 0 Å². The standard InChI is InChI=1S/C10H19O5P/c1-9(2)10(11)7-5-3-4-6-8-15-16(12,13)14/h1,3-8H2,2H3,(H2,12,13,14). The largest absolute Gasteiger partial charge is 0.469 e. The quantitative estimate of drug-likeness (QED) is 0.372. The van der Waals surface area contributed by atoms with Crippen LogP contribution in [0, 0.1) is 0 Å². The van der Waals surface area contributed by atoms with Crippen LogP contribution in [-0.2, 0) is 13.9 Å². The molecule has 16 heavy (non-hydrogen) atoms. The lowest BCUT2D eigenvalue weighted by molar-refractivity contribution is -0.115. The molecule has 2 N–H and O–H groups in total. The molecule has 94 valence electrons. The van der Waals surface area contributed by atoms with Crippen molar-refractivity contribution in [2.75, 3.05) is 6.61 Å². The van der Waals surface area contributed by atoms with Crippen molar-refractivity contribution < 1.29 is 23.7 Å². The lowest BCUT2D eigenvalue weighted by Gasteiger charge is -2.04. The van der Waals surface area contributed by atoms with E-state index >= 15 is 0 Å². The highest BCUT2D eigenvalue weighted by molar-refractivity contribution is 7.46. The van der Waals surface area contributed by atoms with Crippen molar-refractivity contribution in [3.8, 4) is 0 Å². The van der Waals surface area contributed by atoms with E-state index in [1.54, 1.807) is 6.92 Å². The van der Waals surface area contributed by atoms with Crippen LogP contribution in [0.2, 0.25) is 0 Å². The number of unbranched alkanes of at least 4 members (excludes halogenated alkanes) is 3. The second-order valence-electron chi connectivity index (χ2n) is 3.69. The maximum atomic E-state index is 11.1. The molecule has 0 rings (SSSR count). The summed E-state index contributed by atoms with van der Waals surface area (Å²) in [4.78, 5) is 27.9. The van der Waals surface area contributed by atoms with E-state index in [-0.39, 0.29) is 12.4 Å². The predicted molar refractivity (Wildman–Crippen MR) is 60.9 cm³/mol. The molecule has 0 radical (unpaired) electrons. The Morgan fingerprint density at radius 3 is 2.31 bits per heavy atom. The topological polar surface area (TPSA) is 83.8 Å². The molecule has 0 aliphatic rings. The molecule has 0 aromatic rings. The summed E-state index contributed by atoms with van der Waals surface area (Å²) in [6.45, 7) is 5.30. The maximum absolute atomic E-state index is 11.1. The highest BCUT2D eigenvalue weighted by Gasteiger charge is 2.12. The summed E-state index contributed by atoms with van der Waals surface area (Å²) in [6.07, 6.45) is 3.51.